The molecule has 0 fully saturated rings. The number of Topliss-reactive ketones (excluding diaryl/α,β-unsaturated/α-hetero) is 1. The quantitative estimate of drug-likeness (QED) is 0.266. The lowest BCUT2D eigenvalue weighted by Gasteiger charge is -2.16. The van der Waals surface area contributed by atoms with E-state index in [0.717, 1.165) is 17.3 Å². The predicted molar refractivity (Wildman–Crippen MR) is 81.6 cm³/mol. The molecule has 1 aromatic rings. The zero-order chi connectivity index (χ0) is 15.4. The first-order valence-corrected chi connectivity index (χ1v) is 7.49. The molecule has 0 atom stereocenters. The molecule has 2 amide bonds. The highest BCUT2D eigenvalue weighted by Gasteiger charge is 2.35. The molecule has 0 radical (unpaired) electrons. The maximum absolute atomic E-state index is 12.0. The summed E-state index contributed by atoms with van der Waals surface area (Å²) in [4.78, 5) is 36.3. The molecule has 0 bridgehead atoms. The van der Waals surface area contributed by atoms with Gasteiger partial charge in [0.15, 0.2) is 0 Å². The first kappa shape index (κ1) is 15.7. The molecule has 0 spiro atoms. The average Bonchev–Trinajstić information content (AvgIpc) is 2.71. The number of carbonyl (C=O) groups is 3. The summed E-state index contributed by atoms with van der Waals surface area (Å²) in [5.74, 6) is 3.85. The van der Waals surface area contributed by atoms with Gasteiger partial charge in [-0.2, -0.15) is 0 Å². The van der Waals surface area contributed by atoms with E-state index in [1.807, 2.05) is 6.07 Å². The lowest BCUT2D eigenvalue weighted by Crippen LogP contribution is -2.31. The summed E-state index contributed by atoms with van der Waals surface area (Å²) in [6.45, 7) is 0.476. The molecule has 1 aliphatic rings. The molecule has 0 aliphatic carbocycles. The Hall–Kier alpha value is -1.73. The number of hydrogen-bond acceptors (Lipinski definition) is 4. The number of benzene rings is 1. The third kappa shape index (κ3) is 3.48. The van der Waals surface area contributed by atoms with Crippen LogP contribution in [-0.2, 0) is 9.59 Å². The van der Waals surface area contributed by atoms with Crippen molar-refractivity contribution in [3.63, 3.8) is 0 Å². The second kappa shape index (κ2) is 6.82. The Balaban J connectivity index is 1.91. The summed E-state index contributed by atoms with van der Waals surface area (Å²) >= 11 is 3.30. The largest absolute Gasteiger partial charge is 0.305 e. The van der Waals surface area contributed by atoms with Crippen molar-refractivity contribution in [3.8, 4) is 0 Å². The van der Waals surface area contributed by atoms with Crippen LogP contribution in [0.15, 0.2) is 22.7 Å². The maximum atomic E-state index is 12.0. The van der Waals surface area contributed by atoms with Crippen molar-refractivity contribution >= 4 is 39.2 Å². The molecule has 112 valence electrons. The number of amides is 2. The van der Waals surface area contributed by atoms with Gasteiger partial charge < -0.3 is 4.90 Å². The van der Waals surface area contributed by atoms with Crippen LogP contribution in [0.2, 0.25) is 0 Å². The molecule has 0 saturated carbocycles. The standard InChI is InChI=1S/C14H16BrN3O3/c15-9-5-6-11-10(8-9)13(20)14(21)18(11)7-3-1-2-4-12(19)17-16/h5-6,8H,1-4,7,16H2,(H,17,19). The molecule has 0 aromatic heterocycles. The third-order valence-electron chi connectivity index (χ3n) is 3.38. The van der Waals surface area contributed by atoms with E-state index >= 15 is 0 Å². The van der Waals surface area contributed by atoms with Crippen molar-refractivity contribution in [1.29, 1.82) is 0 Å². The van der Waals surface area contributed by atoms with Crippen molar-refractivity contribution in [1.82, 2.24) is 5.43 Å². The van der Waals surface area contributed by atoms with Crippen LogP contribution in [0.4, 0.5) is 5.69 Å². The predicted octanol–water partition coefficient (Wildman–Crippen LogP) is 1.53. The summed E-state index contributed by atoms with van der Waals surface area (Å²) in [5.41, 5.74) is 3.18. The van der Waals surface area contributed by atoms with E-state index in [4.69, 9.17) is 5.84 Å². The van der Waals surface area contributed by atoms with E-state index in [1.54, 1.807) is 12.1 Å². The van der Waals surface area contributed by atoms with Crippen molar-refractivity contribution < 1.29 is 14.4 Å². The molecule has 3 N–H and O–H groups in total. The van der Waals surface area contributed by atoms with Crippen LogP contribution in [0.3, 0.4) is 0 Å². The Bertz CT molecular complexity index is 589. The van der Waals surface area contributed by atoms with E-state index in [9.17, 15) is 14.4 Å². The summed E-state index contributed by atoms with van der Waals surface area (Å²) in [5, 5.41) is 0. The average molecular weight is 354 g/mol. The number of nitrogens with one attached hydrogen (secondary N) is 1. The van der Waals surface area contributed by atoms with Gasteiger partial charge in [-0.3, -0.25) is 19.8 Å². The van der Waals surface area contributed by atoms with Crippen LogP contribution in [0, 0.1) is 0 Å². The minimum Gasteiger partial charge on any atom is -0.305 e. The van der Waals surface area contributed by atoms with Crippen LogP contribution < -0.4 is 16.2 Å². The van der Waals surface area contributed by atoms with E-state index in [1.165, 1.54) is 4.90 Å². The Morgan fingerprint density at radius 2 is 2.00 bits per heavy atom. The Morgan fingerprint density at radius 3 is 2.71 bits per heavy atom. The van der Waals surface area contributed by atoms with Gasteiger partial charge in [0.2, 0.25) is 5.91 Å². The lowest BCUT2D eigenvalue weighted by atomic mass is 10.1. The number of ketones is 1. The number of nitrogens with zero attached hydrogens (tertiary/aromatic N) is 1. The molecule has 6 nitrogen and oxygen atoms in total. The highest BCUT2D eigenvalue weighted by atomic mass is 79.9. The van der Waals surface area contributed by atoms with Gasteiger partial charge in [0.05, 0.1) is 11.3 Å². The Kier molecular flexibility index (Phi) is 5.08. The van der Waals surface area contributed by atoms with Gasteiger partial charge in [0.25, 0.3) is 11.7 Å². The van der Waals surface area contributed by atoms with Gasteiger partial charge in [-0.25, -0.2) is 5.84 Å². The molecule has 21 heavy (non-hydrogen) atoms. The summed E-state index contributed by atoms with van der Waals surface area (Å²) < 4.78 is 0.775. The van der Waals surface area contributed by atoms with E-state index in [2.05, 4.69) is 21.4 Å². The topological polar surface area (TPSA) is 92.5 Å². The van der Waals surface area contributed by atoms with Crippen LogP contribution >= 0.6 is 15.9 Å². The molecule has 1 heterocycles. The summed E-state index contributed by atoms with van der Waals surface area (Å²) in [6, 6.07) is 5.24. The van der Waals surface area contributed by atoms with Crippen molar-refractivity contribution in [2.45, 2.75) is 25.7 Å². The van der Waals surface area contributed by atoms with Gasteiger partial charge >= 0.3 is 0 Å². The second-order valence-corrected chi connectivity index (χ2v) is 5.74. The number of carbonyl (C=O) groups excluding carboxylic acids is 3. The van der Waals surface area contributed by atoms with Crippen LogP contribution in [0.1, 0.15) is 36.0 Å². The normalized spacial score (nSPS) is 13.5. The fourth-order valence-corrected chi connectivity index (χ4v) is 2.66. The smallest absolute Gasteiger partial charge is 0.299 e. The minimum absolute atomic E-state index is 0.197. The Morgan fingerprint density at radius 1 is 1.24 bits per heavy atom. The first-order valence-electron chi connectivity index (χ1n) is 6.70. The van der Waals surface area contributed by atoms with E-state index in [-0.39, 0.29) is 5.91 Å². The van der Waals surface area contributed by atoms with Crippen LogP contribution in [0.25, 0.3) is 0 Å². The molecule has 2 rings (SSSR count). The Labute approximate surface area is 130 Å². The highest BCUT2D eigenvalue weighted by Crippen LogP contribution is 2.31. The molecule has 0 unspecified atom stereocenters. The van der Waals surface area contributed by atoms with Crippen molar-refractivity contribution in [3.05, 3.63) is 28.2 Å². The number of unbranched alkanes of at least 4 members (excludes halogenated alkanes) is 2. The highest BCUT2D eigenvalue weighted by molar-refractivity contribution is 9.10. The van der Waals surface area contributed by atoms with Crippen LogP contribution in [0.5, 0.6) is 0 Å². The van der Waals surface area contributed by atoms with Gasteiger partial charge in [-0.05, 0) is 31.0 Å². The van der Waals surface area contributed by atoms with Gasteiger partial charge in [-0.1, -0.05) is 22.4 Å². The molecule has 1 aromatic carbocycles. The number of hydrogen-bond donors (Lipinski definition) is 2. The lowest BCUT2D eigenvalue weighted by molar-refractivity contribution is -0.121. The summed E-state index contributed by atoms with van der Waals surface area (Å²) in [6.07, 6.45) is 2.59. The number of anilines is 1. The molecular formula is C14H16BrN3O3. The zero-order valence-corrected chi connectivity index (χ0v) is 13.0. The number of nitrogens with two attached hydrogens (primary N) is 1. The molecular weight excluding hydrogens is 338 g/mol. The third-order valence-corrected chi connectivity index (χ3v) is 3.87. The van der Waals surface area contributed by atoms with Gasteiger partial charge in [0, 0.05) is 17.4 Å². The van der Waals surface area contributed by atoms with Crippen LogP contribution in [-0.4, -0.2) is 24.1 Å². The number of halogens is 1. The van der Waals surface area contributed by atoms with E-state index in [0.29, 0.717) is 30.6 Å². The monoisotopic (exact) mass is 353 g/mol. The zero-order valence-electron chi connectivity index (χ0n) is 11.4. The fraction of sp³-hybridized carbons (Fsp3) is 0.357. The molecule has 1 aliphatic heterocycles. The van der Waals surface area contributed by atoms with Gasteiger partial charge in [0.1, 0.15) is 0 Å². The number of hydrazine groups is 1. The molecule has 0 saturated heterocycles. The minimum atomic E-state index is -0.484. The number of fused-ring (bicyclic) bond motifs is 1. The fourth-order valence-electron chi connectivity index (χ4n) is 2.30. The maximum Gasteiger partial charge on any atom is 0.299 e. The van der Waals surface area contributed by atoms with E-state index < -0.39 is 11.7 Å². The van der Waals surface area contributed by atoms with Gasteiger partial charge in [-0.15, -0.1) is 0 Å². The van der Waals surface area contributed by atoms with Crippen molar-refractivity contribution in [2.24, 2.45) is 5.84 Å². The molecule has 7 heteroatoms. The number of rotatable bonds is 6. The van der Waals surface area contributed by atoms with Crippen molar-refractivity contribution in [2.75, 3.05) is 11.4 Å². The second-order valence-electron chi connectivity index (χ2n) is 4.83. The summed E-state index contributed by atoms with van der Waals surface area (Å²) in [7, 11) is 0. The first-order chi connectivity index (χ1) is 10.0. The SMILES string of the molecule is NNC(=O)CCCCCN1C(=O)C(=O)c2cc(Br)ccc21.